The second-order valence-electron chi connectivity index (χ2n) is 7.07. The number of benzene rings is 2. The van der Waals surface area contributed by atoms with Crippen molar-refractivity contribution in [2.24, 2.45) is 5.92 Å². The molecule has 0 aliphatic carbocycles. The highest BCUT2D eigenvalue weighted by Gasteiger charge is 2.30. The zero-order valence-corrected chi connectivity index (χ0v) is 18.6. The van der Waals surface area contributed by atoms with Gasteiger partial charge >= 0.3 is 0 Å². The van der Waals surface area contributed by atoms with Gasteiger partial charge in [0.15, 0.2) is 0 Å². The summed E-state index contributed by atoms with van der Waals surface area (Å²) in [6, 6.07) is 14.9. The fourth-order valence-electron chi connectivity index (χ4n) is 2.85. The fraction of sp³-hybridized carbons (Fsp3) is 0.286. The third-order valence-corrected chi connectivity index (χ3v) is 7.10. The van der Waals surface area contributed by atoms with Gasteiger partial charge in [-0.3, -0.25) is 10.1 Å². The number of aromatic nitrogens is 2. The third kappa shape index (κ3) is 5.29. The van der Waals surface area contributed by atoms with E-state index in [1.165, 1.54) is 23.5 Å². The van der Waals surface area contributed by atoms with Gasteiger partial charge in [-0.15, -0.1) is 10.2 Å². The summed E-state index contributed by atoms with van der Waals surface area (Å²) in [5, 5.41) is 11.9. The maximum absolute atomic E-state index is 12.9. The lowest BCUT2D eigenvalue weighted by molar-refractivity contribution is -0.118. The van der Waals surface area contributed by atoms with Crippen molar-refractivity contribution in [3.8, 4) is 10.6 Å². The summed E-state index contributed by atoms with van der Waals surface area (Å²) in [4.78, 5) is 13.0. The maximum atomic E-state index is 12.9. The summed E-state index contributed by atoms with van der Waals surface area (Å²) in [5.74, 6) is -0.677. The topological polar surface area (TPSA) is 101 Å². The van der Waals surface area contributed by atoms with Gasteiger partial charge in [-0.2, -0.15) is 4.72 Å². The number of nitrogens with one attached hydrogen (secondary N) is 2. The second kappa shape index (κ2) is 9.46. The Hall–Kier alpha value is -2.62. The van der Waals surface area contributed by atoms with Crippen LogP contribution in [0.3, 0.4) is 0 Å². The number of carbonyl (C=O) groups is 1. The van der Waals surface area contributed by atoms with Crippen molar-refractivity contribution in [3.63, 3.8) is 0 Å². The first-order valence-corrected chi connectivity index (χ1v) is 11.9. The zero-order chi connectivity index (χ0) is 21.7. The number of nitrogens with zero attached hydrogens (tertiary/aromatic N) is 2. The van der Waals surface area contributed by atoms with Crippen LogP contribution in [0.4, 0.5) is 5.13 Å². The Labute approximate surface area is 180 Å². The van der Waals surface area contributed by atoms with Gasteiger partial charge in [-0.1, -0.05) is 73.6 Å². The molecule has 2 N–H and O–H groups in total. The van der Waals surface area contributed by atoms with Crippen LogP contribution < -0.4 is 10.0 Å². The number of anilines is 1. The third-order valence-electron chi connectivity index (χ3n) is 4.75. The maximum Gasteiger partial charge on any atom is 0.244 e. The van der Waals surface area contributed by atoms with Crippen LogP contribution in [0.15, 0.2) is 59.5 Å². The van der Waals surface area contributed by atoms with Crippen LogP contribution in [-0.2, 0) is 14.8 Å². The normalized spacial score (nSPS) is 13.6. The van der Waals surface area contributed by atoms with Crippen LogP contribution in [0.1, 0.15) is 25.8 Å². The molecule has 30 heavy (non-hydrogen) atoms. The molecule has 1 aromatic heterocycles. The molecule has 3 rings (SSSR count). The molecule has 1 amide bonds. The van der Waals surface area contributed by atoms with Gasteiger partial charge in [-0.05, 0) is 31.0 Å². The Morgan fingerprint density at radius 3 is 2.50 bits per heavy atom. The number of aryl methyl sites for hydroxylation is 1. The second-order valence-corrected chi connectivity index (χ2v) is 9.76. The average Bonchev–Trinajstić information content (AvgIpc) is 3.20. The molecule has 9 heteroatoms. The van der Waals surface area contributed by atoms with Gasteiger partial charge < -0.3 is 0 Å². The molecule has 2 atom stereocenters. The minimum Gasteiger partial charge on any atom is -0.299 e. The van der Waals surface area contributed by atoms with Gasteiger partial charge in [-0.25, -0.2) is 8.42 Å². The molecule has 0 saturated carbocycles. The molecule has 0 saturated heterocycles. The highest BCUT2D eigenvalue weighted by Crippen LogP contribution is 2.27. The van der Waals surface area contributed by atoms with Crippen molar-refractivity contribution < 1.29 is 13.2 Å². The Morgan fingerprint density at radius 1 is 1.10 bits per heavy atom. The smallest absolute Gasteiger partial charge is 0.244 e. The van der Waals surface area contributed by atoms with Crippen LogP contribution >= 0.6 is 11.3 Å². The van der Waals surface area contributed by atoms with Crippen molar-refractivity contribution in [2.45, 2.75) is 38.1 Å². The summed E-state index contributed by atoms with van der Waals surface area (Å²) in [6.07, 6.45) is 0.625. The number of hydrogen-bond acceptors (Lipinski definition) is 6. The SMILES string of the molecule is CCC(C)C(NS(=O)(=O)c1ccccc1)C(=O)Nc1nnc(-c2cccc(C)c2)s1. The highest BCUT2D eigenvalue weighted by atomic mass is 32.2. The van der Waals surface area contributed by atoms with E-state index in [1.807, 2.05) is 45.0 Å². The van der Waals surface area contributed by atoms with Crippen molar-refractivity contribution >= 4 is 32.4 Å². The van der Waals surface area contributed by atoms with E-state index in [-0.39, 0.29) is 10.8 Å². The van der Waals surface area contributed by atoms with E-state index in [9.17, 15) is 13.2 Å². The van der Waals surface area contributed by atoms with E-state index in [1.54, 1.807) is 18.2 Å². The average molecular weight is 445 g/mol. The van der Waals surface area contributed by atoms with Gasteiger partial charge in [0.05, 0.1) is 4.90 Å². The molecule has 3 aromatic rings. The van der Waals surface area contributed by atoms with Crippen LogP contribution in [-0.4, -0.2) is 30.6 Å². The quantitative estimate of drug-likeness (QED) is 0.550. The summed E-state index contributed by atoms with van der Waals surface area (Å²) in [5.41, 5.74) is 2.01. The predicted octanol–water partition coefficient (Wildman–Crippen LogP) is 3.85. The van der Waals surface area contributed by atoms with Crippen molar-refractivity contribution in [1.82, 2.24) is 14.9 Å². The lowest BCUT2D eigenvalue weighted by atomic mass is 9.99. The van der Waals surface area contributed by atoms with E-state index in [2.05, 4.69) is 20.2 Å². The van der Waals surface area contributed by atoms with E-state index in [0.29, 0.717) is 16.6 Å². The first kappa shape index (κ1) is 22.1. The fourth-order valence-corrected chi connectivity index (χ4v) is 4.92. The molecule has 0 bridgehead atoms. The summed E-state index contributed by atoms with van der Waals surface area (Å²) in [6.45, 7) is 5.72. The molecule has 7 nitrogen and oxygen atoms in total. The number of amides is 1. The molecule has 1 heterocycles. The van der Waals surface area contributed by atoms with Crippen LogP contribution in [0.25, 0.3) is 10.6 Å². The van der Waals surface area contributed by atoms with E-state index < -0.39 is 22.0 Å². The minimum atomic E-state index is -3.84. The van der Waals surface area contributed by atoms with E-state index in [0.717, 1.165) is 11.1 Å². The minimum absolute atomic E-state index is 0.115. The van der Waals surface area contributed by atoms with Gasteiger partial charge in [0.25, 0.3) is 0 Å². The van der Waals surface area contributed by atoms with Crippen molar-refractivity contribution in [2.75, 3.05) is 5.32 Å². The first-order chi connectivity index (χ1) is 14.3. The molecule has 0 spiro atoms. The number of hydrogen-bond donors (Lipinski definition) is 2. The molecule has 158 valence electrons. The molecule has 0 aliphatic rings. The van der Waals surface area contributed by atoms with Crippen LogP contribution in [0.5, 0.6) is 0 Å². The van der Waals surface area contributed by atoms with Crippen LogP contribution in [0, 0.1) is 12.8 Å². The number of rotatable bonds is 8. The molecule has 2 aromatic carbocycles. The Balaban J connectivity index is 1.78. The Bertz CT molecular complexity index is 1110. The predicted molar refractivity (Wildman–Crippen MR) is 119 cm³/mol. The highest BCUT2D eigenvalue weighted by molar-refractivity contribution is 7.89. The molecular formula is C21H24N4O3S2. The summed E-state index contributed by atoms with van der Waals surface area (Å²) in [7, 11) is -3.84. The largest absolute Gasteiger partial charge is 0.299 e. The van der Waals surface area contributed by atoms with Gasteiger partial charge in [0, 0.05) is 5.56 Å². The monoisotopic (exact) mass is 444 g/mol. The van der Waals surface area contributed by atoms with E-state index in [4.69, 9.17) is 0 Å². The zero-order valence-electron chi connectivity index (χ0n) is 17.0. The first-order valence-electron chi connectivity index (χ1n) is 9.59. The lowest BCUT2D eigenvalue weighted by Gasteiger charge is -2.22. The Kier molecular flexibility index (Phi) is 6.96. The standard InChI is InChI=1S/C21H24N4O3S2/c1-4-15(3)18(25-30(27,28)17-11-6-5-7-12-17)19(26)22-21-24-23-20(29-21)16-10-8-9-14(2)13-16/h5-13,15,18,25H,4H2,1-3H3,(H,22,24,26). The van der Waals surface area contributed by atoms with Crippen LogP contribution in [0.2, 0.25) is 0 Å². The number of sulfonamides is 1. The van der Waals surface area contributed by atoms with Gasteiger partial charge in [0.1, 0.15) is 11.0 Å². The molecule has 0 radical (unpaired) electrons. The molecule has 0 fully saturated rings. The van der Waals surface area contributed by atoms with Gasteiger partial charge in [0.2, 0.25) is 21.1 Å². The molecule has 0 aliphatic heterocycles. The Morgan fingerprint density at radius 2 is 1.83 bits per heavy atom. The molecular weight excluding hydrogens is 420 g/mol. The van der Waals surface area contributed by atoms with Crippen molar-refractivity contribution in [3.05, 3.63) is 60.2 Å². The van der Waals surface area contributed by atoms with Crippen molar-refractivity contribution in [1.29, 1.82) is 0 Å². The van der Waals surface area contributed by atoms with E-state index >= 15 is 0 Å². The summed E-state index contributed by atoms with van der Waals surface area (Å²) >= 11 is 1.24. The number of carbonyl (C=O) groups excluding carboxylic acids is 1. The summed E-state index contributed by atoms with van der Waals surface area (Å²) < 4.78 is 28.0. The molecule has 2 unspecified atom stereocenters. The lowest BCUT2D eigenvalue weighted by Crippen LogP contribution is -2.47.